The van der Waals surface area contributed by atoms with Gasteiger partial charge in [0.1, 0.15) is 0 Å². The molecule has 0 N–H and O–H groups in total. The van der Waals surface area contributed by atoms with Gasteiger partial charge < -0.3 is 9.64 Å². The number of nitrogens with zero attached hydrogens (tertiary/aromatic N) is 2. The Kier molecular flexibility index (Phi) is 6.11. The third-order valence-corrected chi connectivity index (χ3v) is 4.50. The van der Waals surface area contributed by atoms with Crippen LogP contribution in [0.25, 0.3) is 0 Å². The minimum atomic E-state index is -0.0862. The van der Waals surface area contributed by atoms with Gasteiger partial charge in [-0.05, 0) is 45.3 Å². The van der Waals surface area contributed by atoms with Gasteiger partial charge in [-0.2, -0.15) is 0 Å². The van der Waals surface area contributed by atoms with Crippen molar-refractivity contribution < 1.29 is 9.53 Å². The molecular formula is C15H28N2O2. The Morgan fingerprint density at radius 1 is 1.11 bits per heavy atom. The molecule has 2 heterocycles. The predicted octanol–water partition coefficient (Wildman–Crippen LogP) is 1.89. The average Bonchev–Trinajstić information content (AvgIpc) is 2.74. The third kappa shape index (κ3) is 4.77. The summed E-state index contributed by atoms with van der Waals surface area (Å²) in [6.45, 7) is 5.68. The van der Waals surface area contributed by atoms with Gasteiger partial charge in [0.25, 0.3) is 0 Å². The zero-order valence-corrected chi connectivity index (χ0v) is 12.3. The first-order valence-corrected chi connectivity index (χ1v) is 7.83. The summed E-state index contributed by atoms with van der Waals surface area (Å²) in [5.74, 6) is -0.0862. The standard InChI is InChI=1S/C15H28N2O2/c1-19-15(18)8-12-16-9-6-7-14(13-16)17-10-4-2-3-5-11-17/h14H,2-13H2,1H3/t14-/m1/s1. The summed E-state index contributed by atoms with van der Waals surface area (Å²) < 4.78 is 4.72. The smallest absolute Gasteiger partial charge is 0.306 e. The van der Waals surface area contributed by atoms with Crippen molar-refractivity contribution in [1.82, 2.24) is 9.80 Å². The van der Waals surface area contributed by atoms with E-state index >= 15 is 0 Å². The van der Waals surface area contributed by atoms with Crippen LogP contribution in [0.5, 0.6) is 0 Å². The van der Waals surface area contributed by atoms with Crippen LogP contribution in [-0.4, -0.2) is 61.6 Å². The van der Waals surface area contributed by atoms with Crippen LogP contribution in [0.4, 0.5) is 0 Å². The summed E-state index contributed by atoms with van der Waals surface area (Å²) in [7, 11) is 1.47. The number of piperidine rings is 1. The fourth-order valence-electron chi connectivity index (χ4n) is 3.34. The molecule has 0 radical (unpaired) electrons. The molecule has 0 spiro atoms. The molecule has 0 aromatic carbocycles. The molecule has 4 nitrogen and oxygen atoms in total. The number of hydrogen-bond acceptors (Lipinski definition) is 4. The summed E-state index contributed by atoms with van der Waals surface area (Å²) in [6.07, 6.45) is 8.64. The number of esters is 1. The average molecular weight is 268 g/mol. The monoisotopic (exact) mass is 268 g/mol. The fourth-order valence-corrected chi connectivity index (χ4v) is 3.34. The van der Waals surface area contributed by atoms with Crippen molar-refractivity contribution in [3.05, 3.63) is 0 Å². The first kappa shape index (κ1) is 14.8. The molecule has 1 atom stereocenters. The van der Waals surface area contributed by atoms with Crippen LogP contribution in [0.15, 0.2) is 0 Å². The third-order valence-electron chi connectivity index (χ3n) is 4.50. The molecule has 0 aromatic heterocycles. The molecule has 19 heavy (non-hydrogen) atoms. The van der Waals surface area contributed by atoms with Gasteiger partial charge in [0.2, 0.25) is 0 Å². The summed E-state index contributed by atoms with van der Waals surface area (Å²) >= 11 is 0. The van der Waals surface area contributed by atoms with E-state index in [-0.39, 0.29) is 5.97 Å². The fraction of sp³-hybridized carbons (Fsp3) is 0.933. The second-order valence-electron chi connectivity index (χ2n) is 5.87. The summed E-state index contributed by atoms with van der Waals surface area (Å²) in [6, 6.07) is 0.712. The largest absolute Gasteiger partial charge is 0.469 e. The van der Waals surface area contributed by atoms with Gasteiger partial charge in [-0.15, -0.1) is 0 Å². The first-order chi connectivity index (χ1) is 9.29. The van der Waals surface area contributed by atoms with Gasteiger partial charge >= 0.3 is 5.97 Å². The van der Waals surface area contributed by atoms with E-state index in [1.165, 1.54) is 58.7 Å². The highest BCUT2D eigenvalue weighted by molar-refractivity contribution is 5.69. The van der Waals surface area contributed by atoms with Crippen molar-refractivity contribution >= 4 is 5.97 Å². The van der Waals surface area contributed by atoms with Crippen LogP contribution in [-0.2, 0) is 9.53 Å². The van der Waals surface area contributed by atoms with Crippen LogP contribution in [0.1, 0.15) is 44.9 Å². The Hall–Kier alpha value is -0.610. The van der Waals surface area contributed by atoms with Crippen molar-refractivity contribution in [1.29, 1.82) is 0 Å². The van der Waals surface area contributed by atoms with E-state index in [1.54, 1.807) is 0 Å². The minimum Gasteiger partial charge on any atom is -0.469 e. The van der Waals surface area contributed by atoms with Crippen molar-refractivity contribution in [2.45, 2.75) is 51.0 Å². The Bertz CT molecular complexity index is 275. The van der Waals surface area contributed by atoms with E-state index in [9.17, 15) is 4.79 Å². The molecule has 0 saturated carbocycles. The van der Waals surface area contributed by atoms with Gasteiger partial charge in [0.05, 0.1) is 13.5 Å². The van der Waals surface area contributed by atoms with Crippen LogP contribution >= 0.6 is 0 Å². The second-order valence-corrected chi connectivity index (χ2v) is 5.87. The number of hydrogen-bond donors (Lipinski definition) is 0. The van der Waals surface area contributed by atoms with E-state index in [0.29, 0.717) is 12.5 Å². The lowest BCUT2D eigenvalue weighted by atomic mass is 10.0. The molecule has 0 amide bonds. The number of rotatable bonds is 4. The maximum Gasteiger partial charge on any atom is 0.306 e. The van der Waals surface area contributed by atoms with Crippen LogP contribution < -0.4 is 0 Å². The Labute approximate surface area is 117 Å². The van der Waals surface area contributed by atoms with E-state index in [2.05, 4.69) is 9.80 Å². The van der Waals surface area contributed by atoms with Crippen molar-refractivity contribution in [3.8, 4) is 0 Å². The molecule has 4 heteroatoms. The summed E-state index contributed by atoms with van der Waals surface area (Å²) in [5, 5.41) is 0. The highest BCUT2D eigenvalue weighted by Gasteiger charge is 2.25. The molecule has 0 aromatic rings. The SMILES string of the molecule is COC(=O)CCN1CCC[C@@H](N2CCCCCC2)C1. The molecule has 0 bridgehead atoms. The Morgan fingerprint density at radius 3 is 2.53 bits per heavy atom. The Morgan fingerprint density at radius 2 is 1.84 bits per heavy atom. The van der Waals surface area contributed by atoms with E-state index in [4.69, 9.17) is 4.74 Å². The molecule has 2 rings (SSSR count). The molecule has 2 aliphatic heterocycles. The number of carbonyl (C=O) groups excluding carboxylic acids is 1. The molecule has 0 aliphatic carbocycles. The number of methoxy groups -OCH3 is 1. The topological polar surface area (TPSA) is 32.8 Å². The van der Waals surface area contributed by atoms with Gasteiger partial charge in [-0.25, -0.2) is 0 Å². The summed E-state index contributed by atoms with van der Waals surface area (Å²) in [4.78, 5) is 16.4. The van der Waals surface area contributed by atoms with Gasteiger partial charge in [-0.1, -0.05) is 12.8 Å². The van der Waals surface area contributed by atoms with Crippen LogP contribution in [0, 0.1) is 0 Å². The zero-order chi connectivity index (χ0) is 13.5. The lowest BCUT2D eigenvalue weighted by Gasteiger charge is -2.39. The predicted molar refractivity (Wildman–Crippen MR) is 76.1 cm³/mol. The van der Waals surface area contributed by atoms with Crippen molar-refractivity contribution in [2.24, 2.45) is 0 Å². The molecule has 2 saturated heterocycles. The highest BCUT2D eigenvalue weighted by Crippen LogP contribution is 2.20. The molecule has 0 unspecified atom stereocenters. The van der Waals surface area contributed by atoms with E-state index in [0.717, 1.165) is 19.6 Å². The number of ether oxygens (including phenoxy) is 1. The Balaban J connectivity index is 1.77. The molecular weight excluding hydrogens is 240 g/mol. The van der Waals surface area contributed by atoms with E-state index in [1.807, 2.05) is 0 Å². The summed E-state index contributed by atoms with van der Waals surface area (Å²) in [5.41, 5.74) is 0. The van der Waals surface area contributed by atoms with Crippen molar-refractivity contribution in [3.63, 3.8) is 0 Å². The van der Waals surface area contributed by atoms with Crippen LogP contribution in [0.2, 0.25) is 0 Å². The van der Waals surface area contributed by atoms with Crippen LogP contribution in [0.3, 0.4) is 0 Å². The van der Waals surface area contributed by atoms with E-state index < -0.39 is 0 Å². The van der Waals surface area contributed by atoms with Gasteiger partial charge in [-0.3, -0.25) is 9.69 Å². The zero-order valence-electron chi connectivity index (χ0n) is 12.3. The lowest BCUT2D eigenvalue weighted by molar-refractivity contribution is -0.141. The minimum absolute atomic E-state index is 0.0862. The molecule has 2 fully saturated rings. The number of likely N-dealkylation sites (tertiary alicyclic amines) is 2. The highest BCUT2D eigenvalue weighted by atomic mass is 16.5. The van der Waals surface area contributed by atoms with Crippen molar-refractivity contribution in [2.75, 3.05) is 39.8 Å². The molecule has 2 aliphatic rings. The normalized spacial score (nSPS) is 26.9. The van der Waals surface area contributed by atoms with Gasteiger partial charge in [0.15, 0.2) is 0 Å². The second kappa shape index (κ2) is 7.85. The lowest BCUT2D eigenvalue weighted by Crippen LogP contribution is -2.48. The maximum absolute atomic E-state index is 11.2. The first-order valence-electron chi connectivity index (χ1n) is 7.83. The quantitative estimate of drug-likeness (QED) is 0.729. The number of carbonyl (C=O) groups is 1. The molecule has 110 valence electrons. The maximum atomic E-state index is 11.2. The van der Waals surface area contributed by atoms with Gasteiger partial charge in [0, 0.05) is 19.1 Å².